The summed E-state index contributed by atoms with van der Waals surface area (Å²) >= 11 is 1.17. The molecule has 1 heterocycles. The maximum Gasteiger partial charge on any atom is 0.490 e. The number of thioether (sulfide) groups is 1. The van der Waals surface area contributed by atoms with Crippen LogP contribution in [-0.2, 0) is 9.53 Å². The Kier molecular flexibility index (Phi) is 4.27. The minimum atomic E-state index is -4.94. The second kappa shape index (κ2) is 5.07. The first-order chi connectivity index (χ1) is 6.91. The molecule has 0 bridgehead atoms. The number of hydrogen-bond donors (Lipinski definition) is 1. The fourth-order valence-electron chi connectivity index (χ4n) is 1.23. The Bertz CT molecular complexity index is 234. The van der Waals surface area contributed by atoms with Gasteiger partial charge >= 0.3 is 12.1 Å². The zero-order valence-corrected chi connectivity index (χ0v) is 8.74. The van der Waals surface area contributed by atoms with E-state index in [4.69, 9.17) is 5.73 Å². The molecule has 1 fully saturated rings. The van der Waals surface area contributed by atoms with E-state index in [0.29, 0.717) is 12.2 Å². The predicted molar refractivity (Wildman–Crippen MR) is 50.2 cm³/mol. The Hall–Kier alpha value is -0.430. The summed E-state index contributed by atoms with van der Waals surface area (Å²) in [6, 6.07) is -0.510. The van der Waals surface area contributed by atoms with E-state index in [1.807, 2.05) is 0 Å². The summed E-state index contributed by atoms with van der Waals surface area (Å²) in [5.41, 5.74) is 4.73. The molecule has 0 aromatic heterocycles. The molecule has 0 aromatic carbocycles. The topological polar surface area (TPSA) is 52.3 Å². The van der Waals surface area contributed by atoms with Crippen molar-refractivity contribution in [1.82, 2.24) is 0 Å². The Labute approximate surface area is 89.5 Å². The summed E-state index contributed by atoms with van der Waals surface area (Å²) in [5.74, 6) is -1.49. The highest BCUT2D eigenvalue weighted by Gasteiger charge is 2.43. The van der Waals surface area contributed by atoms with Crippen molar-refractivity contribution in [1.29, 1.82) is 0 Å². The quantitative estimate of drug-likeness (QED) is 0.712. The van der Waals surface area contributed by atoms with E-state index in [2.05, 4.69) is 4.74 Å². The largest absolute Gasteiger partial charge is 0.490 e. The van der Waals surface area contributed by atoms with Crippen molar-refractivity contribution in [2.75, 3.05) is 5.75 Å². The van der Waals surface area contributed by atoms with Gasteiger partial charge in [0, 0.05) is 0 Å². The molecular formula is C8H12F3NO2S. The lowest BCUT2D eigenvalue weighted by molar-refractivity contribution is -0.201. The zero-order chi connectivity index (χ0) is 11.5. The van der Waals surface area contributed by atoms with Crippen LogP contribution in [0.2, 0.25) is 0 Å². The molecule has 1 saturated heterocycles. The van der Waals surface area contributed by atoms with Crippen LogP contribution in [0.15, 0.2) is 0 Å². The molecule has 7 heteroatoms. The lowest BCUT2D eigenvalue weighted by atomic mass is 10.1. The number of carbonyl (C=O) groups excluding carboxylic acids is 1. The number of alkyl halides is 3. The van der Waals surface area contributed by atoms with Crippen LogP contribution < -0.4 is 5.73 Å². The van der Waals surface area contributed by atoms with Gasteiger partial charge in [-0.2, -0.15) is 13.2 Å². The molecule has 2 N–H and O–H groups in total. The minimum absolute atomic E-state index is 0.510. The molecule has 0 spiro atoms. The van der Waals surface area contributed by atoms with E-state index in [-0.39, 0.29) is 0 Å². The molecule has 0 aromatic rings. The molecular weight excluding hydrogens is 231 g/mol. The maximum absolute atomic E-state index is 11.9. The van der Waals surface area contributed by atoms with Gasteiger partial charge in [-0.1, -0.05) is 6.42 Å². The average molecular weight is 243 g/mol. The highest BCUT2D eigenvalue weighted by atomic mass is 32.2. The van der Waals surface area contributed by atoms with Crippen molar-refractivity contribution in [2.24, 2.45) is 5.73 Å². The molecule has 1 aliphatic rings. The first kappa shape index (κ1) is 12.6. The van der Waals surface area contributed by atoms with Gasteiger partial charge in [-0.3, -0.25) is 0 Å². The van der Waals surface area contributed by atoms with Crippen LogP contribution in [0.25, 0.3) is 0 Å². The minimum Gasteiger partial charge on any atom is -0.443 e. The Balaban J connectivity index is 2.52. The molecule has 15 heavy (non-hydrogen) atoms. The first-order valence-electron chi connectivity index (χ1n) is 4.56. The van der Waals surface area contributed by atoms with E-state index in [1.165, 1.54) is 11.8 Å². The van der Waals surface area contributed by atoms with Gasteiger partial charge in [0.1, 0.15) is 0 Å². The molecule has 1 rings (SSSR count). The number of esters is 1. The number of nitrogens with two attached hydrogens (primary N) is 1. The van der Waals surface area contributed by atoms with Gasteiger partial charge in [-0.25, -0.2) is 4.79 Å². The second-order valence-electron chi connectivity index (χ2n) is 3.30. The van der Waals surface area contributed by atoms with Crippen molar-refractivity contribution in [2.45, 2.75) is 36.9 Å². The summed E-state index contributed by atoms with van der Waals surface area (Å²) in [6.07, 6.45) is -2.61. The highest BCUT2D eigenvalue weighted by molar-refractivity contribution is 7.99. The molecule has 0 saturated carbocycles. The zero-order valence-electron chi connectivity index (χ0n) is 7.92. The third-order valence-electron chi connectivity index (χ3n) is 2.02. The maximum atomic E-state index is 11.9. The molecule has 2 unspecified atom stereocenters. The fourth-order valence-corrected chi connectivity index (χ4v) is 2.38. The molecule has 0 aliphatic carbocycles. The molecule has 0 radical (unpaired) electrons. The molecule has 2 atom stereocenters. The Morgan fingerprint density at radius 2 is 2.07 bits per heavy atom. The third-order valence-corrected chi connectivity index (χ3v) is 3.32. The normalized spacial score (nSPS) is 28.3. The van der Waals surface area contributed by atoms with Crippen molar-refractivity contribution in [3.05, 3.63) is 0 Å². The Morgan fingerprint density at radius 1 is 1.40 bits per heavy atom. The van der Waals surface area contributed by atoms with E-state index >= 15 is 0 Å². The lowest BCUT2D eigenvalue weighted by Crippen LogP contribution is -2.38. The van der Waals surface area contributed by atoms with Gasteiger partial charge in [0.2, 0.25) is 0 Å². The van der Waals surface area contributed by atoms with Crippen LogP contribution in [-0.4, -0.2) is 29.4 Å². The SMILES string of the molecule is NC1CCCCSC1OC(=O)C(F)(F)F. The van der Waals surface area contributed by atoms with Gasteiger partial charge in [0.15, 0.2) is 5.44 Å². The van der Waals surface area contributed by atoms with Crippen LogP contribution in [0, 0.1) is 0 Å². The number of halogens is 3. The number of hydrogen-bond acceptors (Lipinski definition) is 4. The monoisotopic (exact) mass is 243 g/mol. The molecule has 3 nitrogen and oxygen atoms in total. The van der Waals surface area contributed by atoms with Gasteiger partial charge in [-0.05, 0) is 18.6 Å². The summed E-state index contributed by atoms with van der Waals surface area (Å²) in [5, 5.41) is 0. The highest BCUT2D eigenvalue weighted by Crippen LogP contribution is 2.27. The second-order valence-corrected chi connectivity index (χ2v) is 4.51. The Morgan fingerprint density at radius 3 is 2.67 bits per heavy atom. The van der Waals surface area contributed by atoms with Crippen LogP contribution in [0.1, 0.15) is 19.3 Å². The lowest BCUT2D eigenvalue weighted by Gasteiger charge is -2.21. The predicted octanol–water partition coefficient (Wildman–Crippen LogP) is 1.66. The van der Waals surface area contributed by atoms with Crippen LogP contribution in [0.3, 0.4) is 0 Å². The van der Waals surface area contributed by atoms with Gasteiger partial charge in [0.25, 0.3) is 0 Å². The van der Waals surface area contributed by atoms with Crippen LogP contribution in [0.4, 0.5) is 13.2 Å². The molecule has 88 valence electrons. The molecule has 1 aliphatic heterocycles. The van der Waals surface area contributed by atoms with E-state index in [0.717, 1.165) is 12.8 Å². The van der Waals surface area contributed by atoms with Gasteiger partial charge < -0.3 is 10.5 Å². The van der Waals surface area contributed by atoms with Crippen molar-refractivity contribution >= 4 is 17.7 Å². The van der Waals surface area contributed by atoms with Gasteiger partial charge in [-0.15, -0.1) is 11.8 Å². The number of rotatable bonds is 1. The standard InChI is InChI=1S/C8H12F3NO2S/c9-8(10,11)7(13)14-6-5(12)3-1-2-4-15-6/h5-6H,1-4,12H2. The first-order valence-corrected chi connectivity index (χ1v) is 5.61. The fraction of sp³-hybridized carbons (Fsp3) is 0.875. The van der Waals surface area contributed by atoms with E-state index in [1.54, 1.807) is 0 Å². The smallest absolute Gasteiger partial charge is 0.443 e. The number of ether oxygens (including phenoxy) is 1. The number of carbonyl (C=O) groups is 1. The van der Waals surface area contributed by atoms with E-state index < -0.39 is 23.6 Å². The third kappa shape index (κ3) is 3.90. The summed E-state index contributed by atoms with van der Waals surface area (Å²) in [7, 11) is 0. The van der Waals surface area contributed by atoms with Crippen molar-refractivity contribution < 1.29 is 22.7 Å². The van der Waals surface area contributed by atoms with Crippen LogP contribution in [0.5, 0.6) is 0 Å². The summed E-state index contributed by atoms with van der Waals surface area (Å²) in [4.78, 5) is 10.6. The summed E-state index contributed by atoms with van der Waals surface area (Å²) in [6.45, 7) is 0. The average Bonchev–Trinajstić information content (AvgIpc) is 2.30. The van der Waals surface area contributed by atoms with Gasteiger partial charge in [0.05, 0.1) is 6.04 Å². The van der Waals surface area contributed by atoms with Crippen molar-refractivity contribution in [3.63, 3.8) is 0 Å². The molecule has 0 amide bonds. The van der Waals surface area contributed by atoms with E-state index in [9.17, 15) is 18.0 Å². The van der Waals surface area contributed by atoms with Crippen molar-refractivity contribution in [3.8, 4) is 0 Å². The van der Waals surface area contributed by atoms with Crippen LogP contribution >= 0.6 is 11.8 Å². The summed E-state index contributed by atoms with van der Waals surface area (Å²) < 4.78 is 40.0.